The van der Waals surface area contributed by atoms with Gasteiger partial charge in [0.2, 0.25) is 5.91 Å². The molecule has 0 aromatic carbocycles. The molecular weight excluding hydrogens is 192 g/mol. The van der Waals surface area contributed by atoms with Gasteiger partial charge < -0.3 is 15.8 Å². The summed E-state index contributed by atoms with van der Waals surface area (Å²) in [4.78, 5) is 11.4. The Bertz CT molecular complexity index is 278. The molecule has 0 aromatic rings. The average molecular weight is 212 g/mol. The fraction of sp³-hybridized carbons (Fsp3) is 0.909. The monoisotopic (exact) mass is 212 g/mol. The molecule has 4 nitrogen and oxygen atoms in total. The van der Waals surface area contributed by atoms with E-state index in [1.54, 1.807) is 0 Å². The lowest BCUT2D eigenvalue weighted by Gasteiger charge is -2.44. The number of amides is 1. The van der Waals surface area contributed by atoms with Crippen LogP contribution >= 0.6 is 0 Å². The molecule has 2 aliphatic heterocycles. The summed E-state index contributed by atoms with van der Waals surface area (Å²) in [6, 6.07) is 0. The van der Waals surface area contributed by atoms with Gasteiger partial charge in [-0.15, -0.1) is 0 Å². The lowest BCUT2D eigenvalue weighted by molar-refractivity contribution is -0.136. The quantitative estimate of drug-likeness (QED) is 0.655. The van der Waals surface area contributed by atoms with Gasteiger partial charge >= 0.3 is 0 Å². The summed E-state index contributed by atoms with van der Waals surface area (Å²) in [5.74, 6) is -0.196. The van der Waals surface area contributed by atoms with Crippen LogP contribution in [0.25, 0.3) is 0 Å². The number of primary amides is 1. The molecule has 4 heteroatoms. The van der Waals surface area contributed by atoms with Crippen LogP contribution in [0.2, 0.25) is 0 Å². The first-order valence-corrected chi connectivity index (χ1v) is 5.59. The standard InChI is InChI=1S/C11H20N2O2/c1-10(2)6-11(3-4-15-10)7-13-5-8(11)9(12)14/h8,13H,3-7H2,1-2H3,(H2,12,14). The number of hydrogen-bond acceptors (Lipinski definition) is 3. The van der Waals surface area contributed by atoms with Crippen molar-refractivity contribution in [2.75, 3.05) is 19.7 Å². The molecule has 1 spiro atoms. The van der Waals surface area contributed by atoms with E-state index in [-0.39, 0.29) is 22.8 Å². The lowest BCUT2D eigenvalue weighted by Crippen LogP contribution is -2.48. The smallest absolute Gasteiger partial charge is 0.222 e. The Kier molecular flexibility index (Phi) is 2.51. The number of rotatable bonds is 1. The fourth-order valence-electron chi connectivity index (χ4n) is 3.17. The fourth-order valence-corrected chi connectivity index (χ4v) is 3.17. The first-order chi connectivity index (χ1) is 6.95. The normalized spacial score (nSPS) is 39.5. The van der Waals surface area contributed by atoms with Crippen molar-refractivity contribution in [1.29, 1.82) is 0 Å². The summed E-state index contributed by atoms with van der Waals surface area (Å²) < 4.78 is 5.70. The first kappa shape index (κ1) is 10.9. The van der Waals surface area contributed by atoms with Crippen LogP contribution in [0.1, 0.15) is 26.7 Å². The van der Waals surface area contributed by atoms with Gasteiger partial charge in [-0.2, -0.15) is 0 Å². The SMILES string of the molecule is CC1(C)CC2(CCO1)CNCC2C(N)=O. The maximum absolute atomic E-state index is 11.4. The Labute approximate surface area is 90.5 Å². The van der Waals surface area contributed by atoms with Gasteiger partial charge in [0, 0.05) is 25.1 Å². The molecule has 2 unspecified atom stereocenters. The zero-order valence-corrected chi connectivity index (χ0v) is 9.51. The van der Waals surface area contributed by atoms with Crippen molar-refractivity contribution < 1.29 is 9.53 Å². The highest BCUT2D eigenvalue weighted by atomic mass is 16.5. The van der Waals surface area contributed by atoms with E-state index in [2.05, 4.69) is 19.2 Å². The van der Waals surface area contributed by atoms with Crippen molar-refractivity contribution >= 4 is 5.91 Å². The van der Waals surface area contributed by atoms with Gasteiger partial charge in [0.15, 0.2) is 0 Å². The van der Waals surface area contributed by atoms with E-state index in [1.165, 1.54) is 0 Å². The number of carbonyl (C=O) groups is 1. The summed E-state index contributed by atoms with van der Waals surface area (Å²) in [6.07, 6.45) is 1.86. The molecule has 0 bridgehead atoms. The van der Waals surface area contributed by atoms with Crippen molar-refractivity contribution in [3.63, 3.8) is 0 Å². The third-order valence-corrected chi connectivity index (χ3v) is 3.78. The second kappa shape index (κ2) is 3.46. The molecule has 86 valence electrons. The van der Waals surface area contributed by atoms with Gasteiger partial charge in [-0.1, -0.05) is 0 Å². The molecule has 1 amide bonds. The van der Waals surface area contributed by atoms with Gasteiger partial charge in [-0.3, -0.25) is 4.79 Å². The summed E-state index contributed by atoms with van der Waals surface area (Å²) in [5, 5.41) is 3.30. The zero-order chi connectivity index (χ0) is 11.1. The lowest BCUT2D eigenvalue weighted by atomic mass is 9.67. The molecule has 2 saturated heterocycles. The van der Waals surface area contributed by atoms with Crippen molar-refractivity contribution in [2.45, 2.75) is 32.3 Å². The van der Waals surface area contributed by atoms with Crippen LogP contribution in [-0.2, 0) is 9.53 Å². The molecule has 2 aliphatic rings. The number of ether oxygens (including phenoxy) is 1. The number of nitrogens with one attached hydrogen (secondary N) is 1. The van der Waals surface area contributed by atoms with E-state index in [0.29, 0.717) is 0 Å². The second-order valence-corrected chi connectivity index (χ2v) is 5.48. The Balaban J connectivity index is 2.21. The molecule has 2 heterocycles. The average Bonchev–Trinajstić information content (AvgIpc) is 2.45. The Morgan fingerprint density at radius 1 is 1.53 bits per heavy atom. The molecule has 0 radical (unpaired) electrons. The van der Waals surface area contributed by atoms with Crippen LogP contribution < -0.4 is 11.1 Å². The van der Waals surface area contributed by atoms with Crippen LogP contribution in [0, 0.1) is 11.3 Å². The van der Waals surface area contributed by atoms with Gasteiger partial charge in [0.05, 0.1) is 11.5 Å². The Morgan fingerprint density at radius 2 is 2.27 bits per heavy atom. The van der Waals surface area contributed by atoms with E-state index in [4.69, 9.17) is 10.5 Å². The number of carbonyl (C=O) groups excluding carboxylic acids is 1. The highest BCUT2D eigenvalue weighted by Gasteiger charge is 2.50. The van der Waals surface area contributed by atoms with Crippen LogP contribution in [0.15, 0.2) is 0 Å². The predicted molar refractivity (Wildman–Crippen MR) is 57.3 cm³/mol. The topological polar surface area (TPSA) is 64.3 Å². The minimum atomic E-state index is -0.169. The van der Waals surface area contributed by atoms with Gasteiger partial charge in [-0.25, -0.2) is 0 Å². The molecule has 2 fully saturated rings. The van der Waals surface area contributed by atoms with Crippen LogP contribution in [0.4, 0.5) is 0 Å². The summed E-state index contributed by atoms with van der Waals surface area (Å²) in [6.45, 7) is 6.53. The van der Waals surface area contributed by atoms with Gasteiger partial charge in [0.1, 0.15) is 0 Å². The molecule has 0 saturated carbocycles. The van der Waals surface area contributed by atoms with Crippen molar-refractivity contribution in [3.8, 4) is 0 Å². The van der Waals surface area contributed by atoms with E-state index in [1.807, 2.05) is 0 Å². The number of hydrogen-bond donors (Lipinski definition) is 2. The van der Waals surface area contributed by atoms with Gasteiger partial charge in [-0.05, 0) is 26.7 Å². The molecule has 2 atom stereocenters. The van der Waals surface area contributed by atoms with E-state index >= 15 is 0 Å². The van der Waals surface area contributed by atoms with E-state index < -0.39 is 0 Å². The maximum Gasteiger partial charge on any atom is 0.222 e. The predicted octanol–water partition coefficient (Wildman–Crippen LogP) is 0.267. The highest BCUT2D eigenvalue weighted by molar-refractivity contribution is 5.78. The molecule has 2 rings (SSSR count). The van der Waals surface area contributed by atoms with Crippen LogP contribution in [0.3, 0.4) is 0 Å². The summed E-state index contributed by atoms with van der Waals surface area (Å²) in [5.41, 5.74) is 5.38. The van der Waals surface area contributed by atoms with Crippen LogP contribution in [0.5, 0.6) is 0 Å². The summed E-state index contributed by atoms with van der Waals surface area (Å²) in [7, 11) is 0. The van der Waals surface area contributed by atoms with Gasteiger partial charge in [0.25, 0.3) is 0 Å². The maximum atomic E-state index is 11.4. The molecule has 3 N–H and O–H groups in total. The second-order valence-electron chi connectivity index (χ2n) is 5.48. The zero-order valence-electron chi connectivity index (χ0n) is 9.51. The largest absolute Gasteiger partial charge is 0.376 e. The van der Waals surface area contributed by atoms with Crippen LogP contribution in [-0.4, -0.2) is 31.2 Å². The minimum Gasteiger partial charge on any atom is -0.376 e. The molecule has 15 heavy (non-hydrogen) atoms. The van der Waals surface area contributed by atoms with Crippen molar-refractivity contribution in [2.24, 2.45) is 17.1 Å². The van der Waals surface area contributed by atoms with E-state index in [0.717, 1.165) is 32.5 Å². The third kappa shape index (κ3) is 1.88. The van der Waals surface area contributed by atoms with Crippen molar-refractivity contribution in [1.82, 2.24) is 5.32 Å². The molecule has 0 aliphatic carbocycles. The Hall–Kier alpha value is -0.610. The summed E-state index contributed by atoms with van der Waals surface area (Å²) >= 11 is 0. The first-order valence-electron chi connectivity index (χ1n) is 5.59. The minimum absolute atomic E-state index is 0.0272. The Morgan fingerprint density at radius 3 is 2.87 bits per heavy atom. The third-order valence-electron chi connectivity index (χ3n) is 3.78. The van der Waals surface area contributed by atoms with E-state index in [9.17, 15) is 4.79 Å². The highest BCUT2D eigenvalue weighted by Crippen LogP contribution is 2.46. The molecule has 0 aromatic heterocycles. The number of nitrogens with two attached hydrogens (primary N) is 1. The molecular formula is C11H20N2O2. The van der Waals surface area contributed by atoms with Crippen molar-refractivity contribution in [3.05, 3.63) is 0 Å².